The number of Topliss-reactive ketones (excluding diaryl/α,β-unsaturated/α-hetero) is 1. The molecule has 0 amide bonds. The van der Waals surface area contributed by atoms with Gasteiger partial charge >= 0.3 is 0 Å². The highest BCUT2D eigenvalue weighted by molar-refractivity contribution is 5.97. The third kappa shape index (κ3) is 3.31. The summed E-state index contributed by atoms with van der Waals surface area (Å²) < 4.78 is 10.4. The van der Waals surface area contributed by atoms with E-state index >= 15 is 0 Å². The molecule has 4 nitrogen and oxygen atoms in total. The minimum atomic E-state index is -0.331. The molecule has 0 unspecified atom stereocenters. The van der Waals surface area contributed by atoms with Crippen LogP contribution in [0.15, 0.2) is 18.2 Å². The molecule has 0 aliphatic heterocycles. The Labute approximate surface area is 120 Å². The fourth-order valence-corrected chi connectivity index (χ4v) is 2.86. The van der Waals surface area contributed by atoms with E-state index in [0.717, 1.165) is 25.7 Å². The summed E-state index contributed by atoms with van der Waals surface area (Å²) in [5.74, 6) is 1.28. The van der Waals surface area contributed by atoms with Crippen LogP contribution in [0.4, 0.5) is 0 Å². The van der Waals surface area contributed by atoms with Crippen molar-refractivity contribution < 1.29 is 14.3 Å². The van der Waals surface area contributed by atoms with Gasteiger partial charge in [0.1, 0.15) is 0 Å². The van der Waals surface area contributed by atoms with Crippen LogP contribution in [-0.2, 0) is 0 Å². The van der Waals surface area contributed by atoms with Crippen LogP contribution in [0.3, 0.4) is 0 Å². The molecule has 0 heterocycles. The Morgan fingerprint density at radius 1 is 1.15 bits per heavy atom. The highest BCUT2D eigenvalue weighted by atomic mass is 16.5. The molecule has 1 aromatic rings. The van der Waals surface area contributed by atoms with Gasteiger partial charge in [0, 0.05) is 17.5 Å². The SMILES string of the molecule is COc1ccc(C(=O)CC2(N)CCCCC2)cc1OC. The Kier molecular flexibility index (Phi) is 4.65. The van der Waals surface area contributed by atoms with Crippen LogP contribution in [0.1, 0.15) is 48.9 Å². The lowest BCUT2D eigenvalue weighted by Gasteiger charge is -2.32. The minimum absolute atomic E-state index is 0.0790. The first-order valence-electron chi connectivity index (χ1n) is 7.12. The summed E-state index contributed by atoms with van der Waals surface area (Å²) in [6.45, 7) is 0. The fourth-order valence-electron chi connectivity index (χ4n) is 2.86. The average Bonchev–Trinajstić information content (AvgIpc) is 2.46. The van der Waals surface area contributed by atoms with E-state index in [9.17, 15) is 4.79 Å². The largest absolute Gasteiger partial charge is 0.493 e. The van der Waals surface area contributed by atoms with Gasteiger partial charge in [-0.15, -0.1) is 0 Å². The number of nitrogens with two attached hydrogens (primary N) is 1. The maximum Gasteiger partial charge on any atom is 0.164 e. The van der Waals surface area contributed by atoms with Crippen LogP contribution in [-0.4, -0.2) is 25.5 Å². The molecule has 1 saturated carbocycles. The van der Waals surface area contributed by atoms with Gasteiger partial charge in [-0.1, -0.05) is 19.3 Å². The number of carbonyl (C=O) groups is 1. The maximum absolute atomic E-state index is 12.4. The first-order valence-corrected chi connectivity index (χ1v) is 7.12. The number of ketones is 1. The van der Waals surface area contributed by atoms with Gasteiger partial charge in [0.25, 0.3) is 0 Å². The minimum Gasteiger partial charge on any atom is -0.493 e. The van der Waals surface area contributed by atoms with Gasteiger partial charge in [0.2, 0.25) is 0 Å². The van der Waals surface area contributed by atoms with E-state index in [1.807, 2.05) is 0 Å². The Balaban J connectivity index is 2.12. The first kappa shape index (κ1) is 14.9. The number of carbonyl (C=O) groups excluding carboxylic acids is 1. The van der Waals surface area contributed by atoms with Crippen LogP contribution in [0.5, 0.6) is 11.5 Å². The van der Waals surface area contributed by atoms with Crippen molar-refractivity contribution in [1.29, 1.82) is 0 Å². The summed E-state index contributed by atoms with van der Waals surface area (Å²) in [7, 11) is 3.15. The van der Waals surface area contributed by atoms with Gasteiger partial charge in [0.05, 0.1) is 14.2 Å². The van der Waals surface area contributed by atoms with Crippen molar-refractivity contribution in [3.05, 3.63) is 23.8 Å². The van der Waals surface area contributed by atoms with Gasteiger partial charge in [0.15, 0.2) is 17.3 Å². The predicted molar refractivity (Wildman–Crippen MR) is 78.5 cm³/mol. The van der Waals surface area contributed by atoms with Crippen molar-refractivity contribution in [2.75, 3.05) is 14.2 Å². The van der Waals surface area contributed by atoms with Gasteiger partial charge in [-0.3, -0.25) is 4.79 Å². The molecule has 2 rings (SSSR count). The van der Waals surface area contributed by atoms with E-state index < -0.39 is 0 Å². The normalized spacial score (nSPS) is 17.6. The number of methoxy groups -OCH3 is 2. The van der Waals surface area contributed by atoms with Crippen molar-refractivity contribution >= 4 is 5.78 Å². The van der Waals surface area contributed by atoms with Crippen molar-refractivity contribution in [3.63, 3.8) is 0 Å². The fraction of sp³-hybridized carbons (Fsp3) is 0.562. The lowest BCUT2D eigenvalue weighted by atomic mass is 9.78. The van der Waals surface area contributed by atoms with Crippen LogP contribution in [0.25, 0.3) is 0 Å². The molecule has 0 aromatic heterocycles. The summed E-state index contributed by atoms with van der Waals surface area (Å²) >= 11 is 0. The standard InChI is InChI=1S/C16H23NO3/c1-19-14-7-6-12(10-15(14)20-2)13(18)11-16(17)8-4-3-5-9-16/h6-7,10H,3-5,8-9,11,17H2,1-2H3. The van der Waals surface area contributed by atoms with E-state index in [4.69, 9.17) is 15.2 Å². The zero-order valence-electron chi connectivity index (χ0n) is 12.3. The lowest BCUT2D eigenvalue weighted by molar-refractivity contribution is 0.0934. The Morgan fingerprint density at radius 3 is 2.40 bits per heavy atom. The zero-order valence-corrected chi connectivity index (χ0v) is 12.3. The summed E-state index contributed by atoms with van der Waals surface area (Å²) in [5.41, 5.74) is 6.65. The van der Waals surface area contributed by atoms with Crippen molar-refractivity contribution in [2.45, 2.75) is 44.1 Å². The Morgan fingerprint density at radius 2 is 1.80 bits per heavy atom. The molecule has 2 N–H and O–H groups in total. The number of hydrogen-bond acceptors (Lipinski definition) is 4. The number of hydrogen-bond donors (Lipinski definition) is 1. The molecular weight excluding hydrogens is 254 g/mol. The third-order valence-corrected chi connectivity index (χ3v) is 4.07. The van der Waals surface area contributed by atoms with E-state index in [-0.39, 0.29) is 11.3 Å². The van der Waals surface area contributed by atoms with Gasteiger partial charge in [-0.2, -0.15) is 0 Å². The van der Waals surface area contributed by atoms with Crippen LogP contribution in [0.2, 0.25) is 0 Å². The van der Waals surface area contributed by atoms with E-state index in [1.54, 1.807) is 32.4 Å². The van der Waals surface area contributed by atoms with Crippen LogP contribution >= 0.6 is 0 Å². The number of ether oxygens (including phenoxy) is 2. The smallest absolute Gasteiger partial charge is 0.164 e. The predicted octanol–water partition coefficient (Wildman–Crippen LogP) is 2.94. The van der Waals surface area contributed by atoms with Crippen LogP contribution < -0.4 is 15.2 Å². The van der Waals surface area contributed by atoms with Gasteiger partial charge < -0.3 is 15.2 Å². The molecule has 1 fully saturated rings. The third-order valence-electron chi connectivity index (χ3n) is 4.07. The molecule has 0 bridgehead atoms. The summed E-state index contributed by atoms with van der Waals surface area (Å²) in [6.07, 6.45) is 5.75. The molecular formula is C16H23NO3. The monoisotopic (exact) mass is 277 g/mol. The van der Waals surface area contributed by atoms with E-state index in [1.165, 1.54) is 6.42 Å². The number of rotatable bonds is 5. The number of benzene rings is 1. The Hall–Kier alpha value is -1.55. The molecule has 1 aliphatic rings. The van der Waals surface area contributed by atoms with Crippen molar-refractivity contribution in [1.82, 2.24) is 0 Å². The quantitative estimate of drug-likeness (QED) is 0.841. The van der Waals surface area contributed by atoms with Crippen LogP contribution in [0, 0.1) is 0 Å². The molecule has 0 spiro atoms. The second kappa shape index (κ2) is 6.27. The summed E-state index contributed by atoms with van der Waals surface area (Å²) in [6, 6.07) is 5.26. The molecule has 20 heavy (non-hydrogen) atoms. The van der Waals surface area contributed by atoms with E-state index in [2.05, 4.69) is 0 Å². The maximum atomic E-state index is 12.4. The molecule has 4 heteroatoms. The molecule has 0 saturated heterocycles. The molecule has 1 aromatic carbocycles. The lowest BCUT2D eigenvalue weighted by Crippen LogP contribution is -2.43. The summed E-state index contributed by atoms with van der Waals surface area (Å²) in [5, 5.41) is 0. The topological polar surface area (TPSA) is 61.5 Å². The molecule has 1 aliphatic carbocycles. The van der Waals surface area contributed by atoms with Gasteiger partial charge in [-0.25, -0.2) is 0 Å². The van der Waals surface area contributed by atoms with Crippen molar-refractivity contribution in [3.8, 4) is 11.5 Å². The van der Waals surface area contributed by atoms with E-state index in [0.29, 0.717) is 23.5 Å². The first-order chi connectivity index (χ1) is 9.58. The highest BCUT2D eigenvalue weighted by Gasteiger charge is 2.30. The van der Waals surface area contributed by atoms with Gasteiger partial charge in [-0.05, 0) is 31.0 Å². The molecule has 0 radical (unpaired) electrons. The molecule has 110 valence electrons. The summed E-state index contributed by atoms with van der Waals surface area (Å²) in [4.78, 5) is 12.4. The average molecular weight is 277 g/mol. The Bertz CT molecular complexity index is 479. The zero-order chi connectivity index (χ0) is 14.6. The second-order valence-electron chi connectivity index (χ2n) is 5.59. The highest BCUT2D eigenvalue weighted by Crippen LogP contribution is 2.32. The second-order valence-corrected chi connectivity index (χ2v) is 5.59. The molecule has 0 atom stereocenters. The van der Waals surface area contributed by atoms with Crippen molar-refractivity contribution in [2.24, 2.45) is 5.73 Å².